The molecule has 3 heteroatoms. The van der Waals surface area contributed by atoms with E-state index in [2.05, 4.69) is 37.4 Å². The molecule has 2 aromatic carbocycles. The van der Waals surface area contributed by atoms with Gasteiger partial charge in [0.1, 0.15) is 0 Å². The Hall–Kier alpha value is -2.00. The molecule has 0 saturated carbocycles. The quantitative estimate of drug-likeness (QED) is 0.603. The Kier molecular flexibility index (Phi) is 5.84. The smallest absolute Gasteiger partial charge is 0.246 e. The average Bonchev–Trinajstić information content (AvgIpc) is 2.54. The lowest BCUT2D eigenvalue weighted by atomic mass is 10.1. The van der Waals surface area contributed by atoms with Gasteiger partial charge >= 0.3 is 0 Å². The lowest BCUT2D eigenvalue weighted by molar-refractivity contribution is -0.125. The van der Waals surface area contributed by atoms with E-state index in [1.165, 1.54) is 10.5 Å². The van der Waals surface area contributed by atoms with Gasteiger partial charge in [0.15, 0.2) is 0 Å². The van der Waals surface area contributed by atoms with Gasteiger partial charge in [0.05, 0.1) is 0 Å². The van der Waals surface area contributed by atoms with Crippen molar-refractivity contribution in [2.45, 2.75) is 18.4 Å². The molecule has 22 heavy (non-hydrogen) atoms. The standard InChI is InChI=1S/C19H21NOS/c1-15-4-6-16(7-5-15)10-13-19(21)20(2)14-17-8-11-18(22-3)12-9-17/h4-13H,14H2,1-3H3/b13-10+. The predicted octanol–water partition coefficient (Wildman–Crippen LogP) is 4.39. The minimum absolute atomic E-state index is 0.00881. The molecule has 114 valence electrons. The summed E-state index contributed by atoms with van der Waals surface area (Å²) in [4.78, 5) is 15.1. The first-order chi connectivity index (χ1) is 10.6. The van der Waals surface area contributed by atoms with Crippen molar-refractivity contribution in [1.29, 1.82) is 0 Å². The average molecular weight is 311 g/mol. The highest BCUT2D eigenvalue weighted by Crippen LogP contribution is 2.15. The molecule has 0 atom stereocenters. The van der Waals surface area contributed by atoms with Crippen molar-refractivity contribution in [2.75, 3.05) is 13.3 Å². The second-order valence-corrected chi connectivity index (χ2v) is 6.17. The van der Waals surface area contributed by atoms with Crippen molar-refractivity contribution < 1.29 is 4.79 Å². The first-order valence-corrected chi connectivity index (χ1v) is 8.44. The lowest BCUT2D eigenvalue weighted by Crippen LogP contribution is -2.24. The minimum atomic E-state index is 0.00881. The third-order valence-electron chi connectivity index (χ3n) is 3.45. The summed E-state index contributed by atoms with van der Waals surface area (Å²) < 4.78 is 0. The number of carbonyl (C=O) groups is 1. The molecule has 0 saturated heterocycles. The molecule has 0 radical (unpaired) electrons. The van der Waals surface area contributed by atoms with Gasteiger partial charge in [0.2, 0.25) is 5.91 Å². The molecule has 0 spiro atoms. The zero-order valence-electron chi connectivity index (χ0n) is 13.2. The fourth-order valence-corrected chi connectivity index (χ4v) is 2.46. The molecule has 0 unspecified atom stereocenters. The van der Waals surface area contributed by atoms with Crippen LogP contribution in [-0.2, 0) is 11.3 Å². The van der Waals surface area contributed by atoms with Crippen molar-refractivity contribution in [2.24, 2.45) is 0 Å². The maximum Gasteiger partial charge on any atom is 0.246 e. The third kappa shape index (κ3) is 4.78. The maximum atomic E-state index is 12.1. The summed E-state index contributed by atoms with van der Waals surface area (Å²) in [6.45, 7) is 2.67. The van der Waals surface area contributed by atoms with E-state index in [4.69, 9.17) is 0 Å². The number of aryl methyl sites for hydroxylation is 1. The number of thioether (sulfide) groups is 1. The Labute approximate surface area is 136 Å². The van der Waals surface area contributed by atoms with Crippen LogP contribution < -0.4 is 0 Å². The van der Waals surface area contributed by atoms with Gasteiger partial charge in [-0.15, -0.1) is 11.8 Å². The van der Waals surface area contributed by atoms with Crippen LogP contribution in [-0.4, -0.2) is 24.1 Å². The molecule has 0 aliphatic carbocycles. The number of carbonyl (C=O) groups excluding carboxylic acids is 1. The van der Waals surface area contributed by atoms with Crippen molar-refractivity contribution in [3.8, 4) is 0 Å². The van der Waals surface area contributed by atoms with Crippen molar-refractivity contribution in [1.82, 2.24) is 4.90 Å². The molecule has 0 fully saturated rings. The topological polar surface area (TPSA) is 20.3 Å². The number of hydrogen-bond acceptors (Lipinski definition) is 2. The van der Waals surface area contributed by atoms with Gasteiger partial charge in [-0.25, -0.2) is 0 Å². The molecular weight excluding hydrogens is 290 g/mol. The summed E-state index contributed by atoms with van der Waals surface area (Å²) in [5, 5.41) is 0. The van der Waals surface area contributed by atoms with Gasteiger partial charge in [-0.3, -0.25) is 4.79 Å². The Morgan fingerprint density at radius 1 is 1.09 bits per heavy atom. The van der Waals surface area contributed by atoms with Crippen LogP contribution in [0.5, 0.6) is 0 Å². The first-order valence-electron chi connectivity index (χ1n) is 7.21. The van der Waals surface area contributed by atoms with E-state index in [1.54, 1.807) is 22.7 Å². The van der Waals surface area contributed by atoms with E-state index in [0.717, 1.165) is 11.1 Å². The molecule has 0 aromatic heterocycles. The summed E-state index contributed by atoms with van der Waals surface area (Å²) in [6.07, 6.45) is 5.54. The van der Waals surface area contributed by atoms with Crippen LogP contribution in [0.1, 0.15) is 16.7 Å². The SMILES string of the molecule is CSc1ccc(CN(C)C(=O)/C=C/c2ccc(C)cc2)cc1. The Morgan fingerprint density at radius 2 is 1.73 bits per heavy atom. The molecular formula is C19H21NOS. The highest BCUT2D eigenvalue weighted by Gasteiger charge is 2.05. The summed E-state index contributed by atoms with van der Waals surface area (Å²) in [7, 11) is 1.82. The van der Waals surface area contributed by atoms with Crippen LogP contribution in [0.3, 0.4) is 0 Å². The van der Waals surface area contributed by atoms with Gasteiger partial charge in [0.25, 0.3) is 0 Å². The summed E-state index contributed by atoms with van der Waals surface area (Å²) in [6, 6.07) is 16.4. The van der Waals surface area contributed by atoms with E-state index in [9.17, 15) is 4.79 Å². The molecule has 1 amide bonds. The maximum absolute atomic E-state index is 12.1. The largest absolute Gasteiger partial charge is 0.338 e. The monoisotopic (exact) mass is 311 g/mol. The number of amides is 1. The van der Waals surface area contributed by atoms with Crippen molar-refractivity contribution in [3.05, 3.63) is 71.3 Å². The van der Waals surface area contributed by atoms with Gasteiger partial charge in [0, 0.05) is 24.6 Å². The number of benzene rings is 2. The zero-order chi connectivity index (χ0) is 15.9. The lowest BCUT2D eigenvalue weighted by Gasteiger charge is -2.15. The molecule has 0 aliphatic heterocycles. The van der Waals surface area contributed by atoms with E-state index in [-0.39, 0.29) is 5.91 Å². The molecule has 2 nitrogen and oxygen atoms in total. The number of nitrogens with zero attached hydrogens (tertiary/aromatic N) is 1. The van der Waals surface area contributed by atoms with Crippen LogP contribution in [0.25, 0.3) is 6.08 Å². The fraction of sp³-hybridized carbons (Fsp3) is 0.211. The predicted molar refractivity (Wildman–Crippen MR) is 94.9 cm³/mol. The number of likely N-dealkylation sites (N-methyl/N-ethyl adjacent to an activating group) is 1. The van der Waals surface area contributed by atoms with Crippen LogP contribution in [0.15, 0.2) is 59.5 Å². The normalized spacial score (nSPS) is 10.9. The fourth-order valence-electron chi connectivity index (χ4n) is 2.06. The second-order valence-electron chi connectivity index (χ2n) is 5.29. The van der Waals surface area contributed by atoms with Crippen molar-refractivity contribution in [3.63, 3.8) is 0 Å². The van der Waals surface area contributed by atoms with Gasteiger partial charge in [-0.1, -0.05) is 42.0 Å². The van der Waals surface area contributed by atoms with E-state index in [1.807, 2.05) is 37.4 Å². The zero-order valence-corrected chi connectivity index (χ0v) is 14.1. The third-order valence-corrected chi connectivity index (χ3v) is 4.19. The molecule has 0 aliphatic rings. The van der Waals surface area contributed by atoms with E-state index in [0.29, 0.717) is 6.54 Å². The highest BCUT2D eigenvalue weighted by atomic mass is 32.2. The molecule has 0 bridgehead atoms. The summed E-state index contributed by atoms with van der Waals surface area (Å²) in [5.74, 6) is 0.00881. The van der Waals surface area contributed by atoms with Crippen LogP contribution in [0, 0.1) is 6.92 Å². The van der Waals surface area contributed by atoms with E-state index < -0.39 is 0 Å². The van der Waals surface area contributed by atoms with Gasteiger partial charge < -0.3 is 4.90 Å². The first kappa shape index (κ1) is 16.4. The molecule has 2 aromatic rings. The Balaban J connectivity index is 1.94. The summed E-state index contributed by atoms with van der Waals surface area (Å²) >= 11 is 1.72. The highest BCUT2D eigenvalue weighted by molar-refractivity contribution is 7.98. The second kappa shape index (κ2) is 7.85. The number of hydrogen-bond donors (Lipinski definition) is 0. The van der Waals surface area contributed by atoms with Crippen LogP contribution in [0.2, 0.25) is 0 Å². The molecule has 0 heterocycles. The van der Waals surface area contributed by atoms with Crippen molar-refractivity contribution >= 4 is 23.7 Å². The van der Waals surface area contributed by atoms with E-state index >= 15 is 0 Å². The van der Waals surface area contributed by atoms with Gasteiger partial charge in [-0.05, 0) is 42.5 Å². The Bertz CT molecular complexity index is 644. The van der Waals surface area contributed by atoms with Crippen LogP contribution in [0.4, 0.5) is 0 Å². The Morgan fingerprint density at radius 3 is 2.32 bits per heavy atom. The summed E-state index contributed by atoms with van der Waals surface area (Å²) in [5.41, 5.74) is 3.39. The van der Waals surface area contributed by atoms with Gasteiger partial charge in [-0.2, -0.15) is 0 Å². The molecule has 2 rings (SSSR count). The van der Waals surface area contributed by atoms with Crippen LogP contribution >= 0.6 is 11.8 Å². The minimum Gasteiger partial charge on any atom is -0.338 e. The number of rotatable bonds is 5. The molecule has 0 N–H and O–H groups in total.